The Morgan fingerprint density at radius 1 is 0.531 bits per heavy atom. The summed E-state index contributed by atoms with van der Waals surface area (Å²) < 4.78 is 1.35. The van der Waals surface area contributed by atoms with Crippen LogP contribution in [0.5, 0.6) is 0 Å². The Morgan fingerprint density at radius 2 is 0.938 bits per heavy atom. The van der Waals surface area contributed by atoms with Crippen molar-refractivity contribution in [3.8, 4) is 0 Å². The van der Waals surface area contributed by atoms with Crippen molar-refractivity contribution < 1.29 is 0 Å². The van der Waals surface area contributed by atoms with Gasteiger partial charge in [0, 0.05) is 3.57 Å². The summed E-state index contributed by atoms with van der Waals surface area (Å²) in [5.74, 6) is 0. The van der Waals surface area contributed by atoms with Crippen LogP contribution in [-0.2, 0) is 6.42 Å². The fourth-order valence-corrected chi connectivity index (χ4v) is 2.77. The first kappa shape index (κ1) is 35.0. The number of benzene rings is 3. The molecule has 1 heteroatoms. The van der Waals surface area contributed by atoms with E-state index in [0.717, 1.165) is 6.42 Å². The van der Waals surface area contributed by atoms with E-state index in [4.69, 9.17) is 0 Å². The molecule has 3 aromatic rings. The topological polar surface area (TPSA) is 0 Å². The number of hydrogen-bond acceptors (Lipinski definition) is 0. The molecule has 0 aliphatic heterocycles. The fraction of sp³-hybridized carbons (Fsp3) is 0.419. The molecule has 0 nitrogen and oxygen atoms in total. The van der Waals surface area contributed by atoms with Crippen molar-refractivity contribution >= 4 is 22.6 Å². The maximum Gasteiger partial charge on any atom is 0.0159 e. The van der Waals surface area contributed by atoms with E-state index in [-0.39, 0.29) is 0 Å². The number of aryl methyl sites for hydroxylation is 6. The molecule has 0 N–H and O–H groups in total. The first-order valence-corrected chi connectivity index (χ1v) is 13.2. The van der Waals surface area contributed by atoms with E-state index in [1.165, 1.54) is 37.0 Å². The van der Waals surface area contributed by atoms with Crippen molar-refractivity contribution in [3.63, 3.8) is 0 Å². The molecule has 0 aromatic heterocycles. The highest BCUT2D eigenvalue weighted by molar-refractivity contribution is 14.1. The second-order valence-electron chi connectivity index (χ2n) is 6.69. The van der Waals surface area contributed by atoms with Crippen LogP contribution in [0.15, 0.2) is 66.7 Å². The van der Waals surface area contributed by atoms with E-state index < -0.39 is 0 Å². The molecule has 3 aromatic carbocycles. The standard InChI is InChI=1S/C9H12.C8H9I.C8H10.3C2H6/c1-3-9-7-5-4-6-8(9)2;1-6-3-4-8(9)7(2)5-6;1-7-3-5-8(2)6-4-7;3*1-2/h4-7H,3H2,1-2H3;3-5H,1-2H3;3-6H,1-2H3;3*1-2H3. The highest BCUT2D eigenvalue weighted by atomic mass is 127. The van der Waals surface area contributed by atoms with Gasteiger partial charge in [-0.2, -0.15) is 0 Å². The quantitative estimate of drug-likeness (QED) is 0.265. The Kier molecular flexibility index (Phi) is 26.3. The minimum atomic E-state index is 1.15. The lowest BCUT2D eigenvalue weighted by molar-refractivity contribution is 1.11. The Morgan fingerprint density at radius 3 is 1.25 bits per heavy atom. The summed E-state index contributed by atoms with van der Waals surface area (Å²) in [5, 5.41) is 0. The van der Waals surface area contributed by atoms with Gasteiger partial charge < -0.3 is 0 Å². The van der Waals surface area contributed by atoms with Crippen molar-refractivity contribution in [1.29, 1.82) is 0 Å². The van der Waals surface area contributed by atoms with Crippen LogP contribution in [0.1, 0.15) is 81.8 Å². The van der Waals surface area contributed by atoms with Crippen LogP contribution < -0.4 is 0 Å². The molecular weight excluding hydrogens is 499 g/mol. The van der Waals surface area contributed by atoms with Crippen molar-refractivity contribution in [1.82, 2.24) is 0 Å². The molecule has 0 spiro atoms. The molecular formula is C31H49I. The molecule has 0 saturated heterocycles. The molecule has 0 saturated carbocycles. The Balaban J connectivity index is -0.000000353. The van der Waals surface area contributed by atoms with Crippen LogP contribution >= 0.6 is 22.6 Å². The lowest BCUT2D eigenvalue weighted by atomic mass is 10.1. The second-order valence-corrected chi connectivity index (χ2v) is 7.85. The van der Waals surface area contributed by atoms with Crippen LogP contribution in [0.4, 0.5) is 0 Å². The second kappa shape index (κ2) is 24.0. The van der Waals surface area contributed by atoms with Crippen LogP contribution in [0.3, 0.4) is 0 Å². The van der Waals surface area contributed by atoms with E-state index in [1.54, 1.807) is 0 Å². The van der Waals surface area contributed by atoms with Crippen molar-refractivity contribution in [2.45, 2.75) is 89.5 Å². The van der Waals surface area contributed by atoms with Gasteiger partial charge in [0.15, 0.2) is 0 Å². The van der Waals surface area contributed by atoms with E-state index in [0.29, 0.717) is 0 Å². The molecule has 3 rings (SSSR count). The predicted octanol–water partition coefficient (Wildman–Crippen LogP) is 10.8. The third kappa shape index (κ3) is 18.0. The molecule has 0 radical (unpaired) electrons. The van der Waals surface area contributed by atoms with Crippen molar-refractivity contribution in [2.75, 3.05) is 0 Å². The van der Waals surface area contributed by atoms with Crippen LogP contribution in [0.25, 0.3) is 0 Å². The molecule has 0 amide bonds. The largest absolute Gasteiger partial charge is 0.0683 e. The number of halogens is 1. The van der Waals surface area contributed by atoms with E-state index >= 15 is 0 Å². The zero-order valence-electron chi connectivity index (χ0n) is 22.9. The zero-order valence-corrected chi connectivity index (χ0v) is 25.1. The average Bonchev–Trinajstić information content (AvgIpc) is 2.83. The average molecular weight is 549 g/mol. The van der Waals surface area contributed by atoms with Gasteiger partial charge in [0.2, 0.25) is 0 Å². The molecule has 0 atom stereocenters. The maximum atomic E-state index is 2.34. The summed E-state index contributed by atoms with van der Waals surface area (Å²) in [5.41, 5.74) is 8.23. The molecule has 0 heterocycles. The molecule has 0 unspecified atom stereocenters. The first-order chi connectivity index (χ1) is 15.3. The van der Waals surface area contributed by atoms with Gasteiger partial charge >= 0.3 is 0 Å². The van der Waals surface area contributed by atoms with Gasteiger partial charge in [0.1, 0.15) is 0 Å². The van der Waals surface area contributed by atoms with Crippen molar-refractivity contribution in [3.05, 3.63) is 104 Å². The highest BCUT2D eigenvalue weighted by Crippen LogP contribution is 2.11. The molecule has 0 aliphatic rings. The first-order valence-electron chi connectivity index (χ1n) is 12.1. The van der Waals surface area contributed by atoms with Gasteiger partial charge in [-0.1, -0.05) is 126 Å². The minimum absolute atomic E-state index is 1.15. The summed E-state index contributed by atoms with van der Waals surface area (Å²) in [6, 6.07) is 23.4. The van der Waals surface area contributed by atoms with E-state index in [9.17, 15) is 0 Å². The Hall–Kier alpha value is -1.61. The third-order valence-corrected chi connectivity index (χ3v) is 5.38. The monoisotopic (exact) mass is 548 g/mol. The van der Waals surface area contributed by atoms with Gasteiger partial charge in [-0.3, -0.25) is 0 Å². The molecule has 32 heavy (non-hydrogen) atoms. The fourth-order valence-electron chi connectivity index (χ4n) is 2.44. The zero-order chi connectivity index (χ0) is 25.5. The summed E-state index contributed by atoms with van der Waals surface area (Å²) in [6.07, 6.45) is 1.15. The molecule has 0 fully saturated rings. The van der Waals surface area contributed by atoms with Crippen LogP contribution in [0.2, 0.25) is 0 Å². The maximum absolute atomic E-state index is 2.34. The summed E-state index contributed by atoms with van der Waals surface area (Å²) in [7, 11) is 0. The van der Waals surface area contributed by atoms with E-state index in [1.807, 2.05) is 41.5 Å². The Labute approximate surface area is 215 Å². The lowest BCUT2D eigenvalue weighted by Gasteiger charge is -1.98. The summed E-state index contributed by atoms with van der Waals surface area (Å²) in [4.78, 5) is 0. The summed E-state index contributed by atoms with van der Waals surface area (Å²) in [6.45, 7) is 24.8. The van der Waals surface area contributed by atoms with Crippen LogP contribution in [0, 0.1) is 38.2 Å². The lowest BCUT2D eigenvalue weighted by Crippen LogP contribution is -1.82. The molecule has 180 valence electrons. The van der Waals surface area contributed by atoms with Gasteiger partial charge in [0.25, 0.3) is 0 Å². The minimum Gasteiger partial charge on any atom is -0.0683 e. The predicted molar refractivity (Wildman–Crippen MR) is 159 cm³/mol. The number of hydrogen-bond donors (Lipinski definition) is 0. The normalized spacial score (nSPS) is 8.28. The number of rotatable bonds is 1. The highest BCUT2D eigenvalue weighted by Gasteiger charge is 1.91. The van der Waals surface area contributed by atoms with Crippen LogP contribution in [-0.4, -0.2) is 0 Å². The smallest absolute Gasteiger partial charge is 0.0159 e. The third-order valence-electron chi connectivity index (χ3n) is 4.17. The Bertz CT molecular complexity index is 765. The molecule has 0 aliphatic carbocycles. The van der Waals surface area contributed by atoms with Crippen molar-refractivity contribution in [2.24, 2.45) is 0 Å². The van der Waals surface area contributed by atoms with Gasteiger partial charge in [0.05, 0.1) is 0 Å². The van der Waals surface area contributed by atoms with Gasteiger partial charge in [-0.05, 0) is 86.4 Å². The SMILES string of the molecule is CC.CC.CC.CCc1ccccc1C.Cc1ccc(C)cc1.Cc1ccc(I)c(C)c1. The van der Waals surface area contributed by atoms with Gasteiger partial charge in [-0.15, -0.1) is 0 Å². The van der Waals surface area contributed by atoms with Gasteiger partial charge in [-0.25, -0.2) is 0 Å². The molecule has 0 bridgehead atoms. The van der Waals surface area contributed by atoms with E-state index in [2.05, 4.69) is 131 Å². The summed E-state index contributed by atoms with van der Waals surface area (Å²) >= 11 is 2.34.